The van der Waals surface area contributed by atoms with E-state index in [0.29, 0.717) is 0 Å². The summed E-state index contributed by atoms with van der Waals surface area (Å²) in [7, 11) is -4.69. The number of hydrogen-bond donors (Lipinski definition) is 2. The first kappa shape index (κ1) is 16.1. The lowest BCUT2D eigenvalue weighted by Gasteiger charge is -2.03. The molecule has 0 heterocycles. The highest BCUT2D eigenvalue weighted by Crippen LogP contribution is 1.60. The topological polar surface area (TPSA) is 192 Å². The van der Waals surface area contributed by atoms with Crippen LogP contribution in [0, 0.1) is 25.6 Å². The van der Waals surface area contributed by atoms with Gasteiger partial charge in [0.1, 0.15) is 0 Å². The van der Waals surface area contributed by atoms with E-state index in [1.807, 2.05) is 0 Å². The molecule has 0 atom stereocenters. The fourth-order valence-electron chi connectivity index (χ4n) is 0. The van der Waals surface area contributed by atoms with Gasteiger partial charge in [0.2, 0.25) is 0 Å². The number of hydrogen-bond acceptors (Lipinski definition) is 7. The zero-order valence-electron chi connectivity index (χ0n) is 4.72. The molecule has 10 heteroatoms. The molecule has 0 amide bonds. The fourth-order valence-corrected chi connectivity index (χ4v) is 0. The van der Waals surface area contributed by atoms with E-state index in [1.54, 1.807) is 0 Å². The molecule has 0 saturated carbocycles. The van der Waals surface area contributed by atoms with Crippen LogP contribution >= 0.6 is 0 Å². The van der Waals surface area contributed by atoms with Gasteiger partial charge in [-0.3, -0.25) is 0 Å². The lowest BCUT2D eigenvalue weighted by atomic mass is 13.1. The molecule has 0 radical (unpaired) electrons. The van der Waals surface area contributed by atoms with Gasteiger partial charge in [0, 0.05) is 0 Å². The summed E-state index contributed by atoms with van der Waals surface area (Å²) in [5.74, 6) is 0. The van der Waals surface area contributed by atoms with Crippen LogP contribution < -0.4 is 20.1 Å². The molecule has 0 spiro atoms. The Morgan fingerprint density at radius 1 is 1.20 bits per heavy atom. The standard InChI is InChI=1S/ClHO4.NO3.H3N/c2-1(3,4)5;2-1(3)4;/h(H,2,3,4,5);;1H3/q;-1;/p+1. The third-order valence-electron chi connectivity index (χ3n) is 0. The molecule has 10 heavy (non-hydrogen) atoms. The Balaban J connectivity index is -0.0000000910. The highest BCUT2D eigenvalue weighted by molar-refractivity contribution is 4.03. The highest BCUT2D eigenvalue weighted by atomic mass is 35.7. The van der Waals surface area contributed by atoms with E-state index < -0.39 is 15.3 Å². The van der Waals surface area contributed by atoms with Crippen LogP contribution in [-0.4, -0.2) is 9.75 Å². The van der Waals surface area contributed by atoms with E-state index >= 15 is 0 Å². The molecule has 5 N–H and O–H groups in total. The fraction of sp³-hybridized carbons (Fsp3) is 0. The minimum Gasteiger partial charge on any atom is -0.369 e. The maximum atomic E-state index is 8.60. The van der Waals surface area contributed by atoms with Crippen molar-refractivity contribution in [2.75, 3.05) is 0 Å². The average Bonchev–Trinajstić information content (AvgIpc) is 1.19. The second kappa shape index (κ2) is 6.41. The Labute approximate surface area is 56.6 Å². The maximum absolute atomic E-state index is 8.60. The SMILES string of the molecule is O=[N+]([O-])[O-].[NH4+].[O-][Cl+3]([O-])([O-])O. The lowest BCUT2D eigenvalue weighted by molar-refractivity contribution is -1.92. The van der Waals surface area contributed by atoms with Gasteiger partial charge < -0.3 is 21.5 Å². The van der Waals surface area contributed by atoms with Gasteiger partial charge in [0.15, 0.2) is 0 Å². The van der Waals surface area contributed by atoms with E-state index in [2.05, 4.69) is 0 Å². The van der Waals surface area contributed by atoms with Crippen LogP contribution in [0.5, 0.6) is 0 Å². The first-order valence-electron chi connectivity index (χ1n) is 1.18. The Morgan fingerprint density at radius 2 is 1.20 bits per heavy atom. The predicted molar refractivity (Wildman–Crippen MR) is 18.6 cm³/mol. The zero-order valence-corrected chi connectivity index (χ0v) is 5.48. The second-order valence-electron chi connectivity index (χ2n) is 0.620. The first-order chi connectivity index (χ1) is 3.73. The summed E-state index contributed by atoms with van der Waals surface area (Å²) in [6.45, 7) is 0. The van der Waals surface area contributed by atoms with E-state index in [-0.39, 0.29) is 6.15 Å². The molecule has 0 unspecified atom stereocenters. The van der Waals surface area contributed by atoms with Crippen molar-refractivity contribution in [3.8, 4) is 0 Å². The molecule has 0 aliphatic heterocycles. The number of nitrogens with zero attached hydrogens (tertiary/aromatic N) is 1. The number of quaternary nitrogens is 1. The quantitative estimate of drug-likeness (QED) is 0.280. The van der Waals surface area contributed by atoms with Gasteiger partial charge in [-0.15, -0.1) is 0 Å². The van der Waals surface area contributed by atoms with Crippen molar-refractivity contribution >= 4 is 0 Å². The zero-order chi connectivity index (χ0) is 8.08. The molecule has 9 nitrogen and oxygen atoms in total. The molecule has 0 saturated heterocycles. The van der Waals surface area contributed by atoms with Crippen LogP contribution in [0.1, 0.15) is 0 Å². The summed E-state index contributed by atoms with van der Waals surface area (Å²) in [6.07, 6.45) is 0. The first-order valence-corrected chi connectivity index (χ1v) is 2.44. The molecule has 0 bridgehead atoms. The van der Waals surface area contributed by atoms with E-state index in [4.69, 9.17) is 34.0 Å². The number of halogens is 1. The monoisotopic (exact) mass is 180 g/mol. The molecule has 64 valence electrons. The van der Waals surface area contributed by atoms with Gasteiger partial charge in [0.05, 0.1) is 20.0 Å². The Bertz CT molecular complexity index is 74.1. The maximum Gasteiger partial charge on any atom is 0.0777 e. The number of rotatable bonds is 0. The van der Waals surface area contributed by atoms with Crippen LogP contribution in [0.4, 0.5) is 0 Å². The van der Waals surface area contributed by atoms with E-state index in [1.165, 1.54) is 0 Å². The molecule has 0 aliphatic carbocycles. The highest BCUT2D eigenvalue weighted by Gasteiger charge is 1.98. The molecule has 0 fully saturated rings. The van der Waals surface area contributed by atoms with Crippen molar-refractivity contribution in [3.63, 3.8) is 0 Å². The van der Waals surface area contributed by atoms with Crippen molar-refractivity contribution in [1.82, 2.24) is 6.15 Å². The third-order valence-corrected chi connectivity index (χ3v) is 0. The van der Waals surface area contributed by atoms with Crippen molar-refractivity contribution in [1.29, 1.82) is 0 Å². The van der Waals surface area contributed by atoms with Crippen molar-refractivity contribution in [2.45, 2.75) is 0 Å². The molecule has 0 rings (SSSR count). The van der Waals surface area contributed by atoms with Gasteiger partial charge in [-0.1, -0.05) is 0 Å². The van der Waals surface area contributed by atoms with E-state index in [0.717, 1.165) is 0 Å². The van der Waals surface area contributed by atoms with Crippen LogP contribution in [0.2, 0.25) is 0 Å². The van der Waals surface area contributed by atoms with Crippen molar-refractivity contribution in [2.24, 2.45) is 0 Å². The van der Waals surface area contributed by atoms with Crippen molar-refractivity contribution in [3.05, 3.63) is 15.3 Å². The lowest BCUT2D eigenvalue weighted by Crippen LogP contribution is -2.58. The predicted octanol–water partition coefficient (Wildman–Crippen LogP) is -3.99. The molecule has 0 aromatic carbocycles. The van der Waals surface area contributed by atoms with Crippen LogP contribution in [0.3, 0.4) is 0 Å². The van der Waals surface area contributed by atoms with Crippen molar-refractivity contribution < 1.29 is 34.0 Å². The van der Waals surface area contributed by atoms with Gasteiger partial charge in [-0.2, -0.15) is 14.0 Å². The molecule has 0 aliphatic rings. The van der Waals surface area contributed by atoms with Crippen LogP contribution in [0.15, 0.2) is 0 Å². The van der Waals surface area contributed by atoms with E-state index in [9.17, 15) is 0 Å². The average molecular weight is 180 g/mol. The summed E-state index contributed by atoms with van der Waals surface area (Å²) in [5, 5.41) is 14.8. The van der Waals surface area contributed by atoms with Gasteiger partial charge in [0.25, 0.3) is 0 Å². The largest absolute Gasteiger partial charge is 0.369 e. The summed E-state index contributed by atoms with van der Waals surface area (Å²) < 4.78 is 32.7. The molecule has 0 aromatic rings. The third kappa shape index (κ3) is 572. The summed E-state index contributed by atoms with van der Waals surface area (Å²) >= 11 is 0. The second-order valence-corrected chi connectivity index (χ2v) is 1.41. The van der Waals surface area contributed by atoms with Crippen LogP contribution in [0.25, 0.3) is 0 Å². The normalized spacial score (nSPS) is 8.40. The minimum absolute atomic E-state index is 0. The Kier molecular flexibility index (Phi) is 10.3. The summed E-state index contributed by atoms with van der Waals surface area (Å²) in [6, 6.07) is 0. The summed E-state index contributed by atoms with van der Waals surface area (Å²) in [5.41, 5.74) is 0. The Hall–Kier alpha value is -0.710. The van der Waals surface area contributed by atoms with Gasteiger partial charge in [-0.05, 0) is 0 Å². The minimum atomic E-state index is -4.69. The van der Waals surface area contributed by atoms with Gasteiger partial charge >= 0.3 is 0 Å². The van der Waals surface area contributed by atoms with Gasteiger partial charge in [-0.25, -0.2) is 0 Å². The smallest absolute Gasteiger partial charge is 0.0777 e. The Morgan fingerprint density at radius 3 is 1.20 bits per heavy atom. The molecule has 0 aromatic heterocycles. The summed E-state index contributed by atoms with van der Waals surface area (Å²) in [4.78, 5) is 8.25. The van der Waals surface area contributed by atoms with Crippen LogP contribution in [-0.2, 0) is 0 Å². The molecular weight excluding hydrogens is 175 g/mol. The molecular formula is H5ClN2O7.